The molecule has 0 amide bonds. The molecule has 1 aromatic carbocycles. The fraction of sp³-hybridized carbons (Fsp3) is 0.200. The summed E-state index contributed by atoms with van der Waals surface area (Å²) >= 11 is 0. The summed E-state index contributed by atoms with van der Waals surface area (Å²) in [4.78, 5) is 14.2. The van der Waals surface area contributed by atoms with E-state index >= 15 is 0 Å². The zero-order valence-electron chi connectivity index (χ0n) is 9.58. The molecule has 3 N–H and O–H groups in total. The summed E-state index contributed by atoms with van der Waals surface area (Å²) in [5.74, 6) is 0.933. The van der Waals surface area contributed by atoms with Gasteiger partial charge in [-0.15, -0.1) is 0 Å². The molecule has 0 radical (unpaired) electrons. The number of nitrogens with zero attached hydrogens (tertiary/aromatic N) is 3. The van der Waals surface area contributed by atoms with Gasteiger partial charge in [0.15, 0.2) is 5.82 Å². The SMILES string of the molecule is Cc1noc(CNc2cc(N)cc([N+](=O)[O-])c2)n1. The third-order valence-corrected chi connectivity index (χ3v) is 2.16. The highest BCUT2D eigenvalue weighted by Crippen LogP contribution is 2.22. The lowest BCUT2D eigenvalue weighted by Crippen LogP contribution is -2.01. The molecule has 0 saturated carbocycles. The molecule has 8 nitrogen and oxygen atoms in total. The molecular weight excluding hydrogens is 238 g/mol. The molecule has 0 aliphatic carbocycles. The van der Waals surface area contributed by atoms with Gasteiger partial charge in [0.1, 0.15) is 0 Å². The molecule has 8 heteroatoms. The van der Waals surface area contributed by atoms with Crippen LogP contribution in [0.25, 0.3) is 0 Å². The zero-order valence-corrected chi connectivity index (χ0v) is 9.58. The molecule has 0 atom stereocenters. The average Bonchev–Trinajstić information content (AvgIpc) is 2.72. The fourth-order valence-corrected chi connectivity index (χ4v) is 1.43. The number of hydrogen-bond donors (Lipinski definition) is 2. The quantitative estimate of drug-likeness (QED) is 0.478. The minimum absolute atomic E-state index is 0.0702. The van der Waals surface area contributed by atoms with E-state index in [4.69, 9.17) is 10.3 Å². The topological polar surface area (TPSA) is 120 Å². The number of nitrogens with one attached hydrogen (secondary N) is 1. The first-order chi connectivity index (χ1) is 8.54. The van der Waals surface area contributed by atoms with Crippen LogP contribution < -0.4 is 11.1 Å². The third-order valence-electron chi connectivity index (χ3n) is 2.16. The summed E-state index contributed by atoms with van der Waals surface area (Å²) in [6.07, 6.45) is 0. The molecule has 18 heavy (non-hydrogen) atoms. The lowest BCUT2D eigenvalue weighted by atomic mass is 10.2. The molecule has 2 aromatic rings. The van der Waals surface area contributed by atoms with Crippen molar-refractivity contribution in [1.29, 1.82) is 0 Å². The zero-order chi connectivity index (χ0) is 13.1. The normalized spacial score (nSPS) is 10.3. The van der Waals surface area contributed by atoms with Gasteiger partial charge in [-0.25, -0.2) is 0 Å². The van der Waals surface area contributed by atoms with E-state index in [-0.39, 0.29) is 12.2 Å². The predicted octanol–water partition coefficient (Wildman–Crippen LogP) is 1.48. The van der Waals surface area contributed by atoms with E-state index in [2.05, 4.69) is 15.5 Å². The van der Waals surface area contributed by atoms with Crippen molar-refractivity contribution >= 4 is 17.1 Å². The highest BCUT2D eigenvalue weighted by molar-refractivity contribution is 5.61. The minimum Gasteiger partial charge on any atom is -0.398 e. The van der Waals surface area contributed by atoms with Gasteiger partial charge in [-0.05, 0) is 13.0 Å². The van der Waals surface area contributed by atoms with Crippen LogP contribution in [0, 0.1) is 17.0 Å². The van der Waals surface area contributed by atoms with Crippen LogP contribution in [0.3, 0.4) is 0 Å². The highest BCUT2D eigenvalue weighted by Gasteiger charge is 2.09. The number of rotatable bonds is 4. The molecule has 0 saturated heterocycles. The number of non-ortho nitro benzene ring substituents is 1. The Morgan fingerprint density at radius 2 is 2.28 bits per heavy atom. The Morgan fingerprint density at radius 3 is 2.89 bits per heavy atom. The van der Waals surface area contributed by atoms with Crippen LogP contribution in [0.2, 0.25) is 0 Å². The van der Waals surface area contributed by atoms with Crippen molar-refractivity contribution in [3.8, 4) is 0 Å². The van der Waals surface area contributed by atoms with Gasteiger partial charge >= 0.3 is 0 Å². The number of hydrogen-bond acceptors (Lipinski definition) is 7. The first-order valence-electron chi connectivity index (χ1n) is 5.12. The third kappa shape index (κ3) is 2.73. The van der Waals surface area contributed by atoms with Crippen molar-refractivity contribution in [2.45, 2.75) is 13.5 Å². The largest absolute Gasteiger partial charge is 0.398 e. The number of aromatic nitrogens is 2. The van der Waals surface area contributed by atoms with E-state index < -0.39 is 4.92 Å². The van der Waals surface area contributed by atoms with Crippen molar-refractivity contribution in [1.82, 2.24) is 10.1 Å². The lowest BCUT2D eigenvalue weighted by Gasteiger charge is -2.04. The number of benzene rings is 1. The predicted molar refractivity (Wildman–Crippen MR) is 63.9 cm³/mol. The van der Waals surface area contributed by atoms with E-state index in [0.717, 1.165) is 0 Å². The summed E-state index contributed by atoms with van der Waals surface area (Å²) < 4.78 is 4.91. The summed E-state index contributed by atoms with van der Waals surface area (Å²) in [5, 5.41) is 17.2. The Hall–Kier alpha value is -2.64. The number of aryl methyl sites for hydroxylation is 1. The Bertz CT molecular complexity index is 581. The monoisotopic (exact) mass is 249 g/mol. The van der Waals surface area contributed by atoms with Gasteiger partial charge in [-0.3, -0.25) is 10.1 Å². The Kier molecular flexibility index (Phi) is 3.09. The Balaban J connectivity index is 2.11. The smallest absolute Gasteiger partial charge is 0.273 e. The standard InChI is InChI=1S/C10H11N5O3/c1-6-13-10(18-14-6)5-12-8-2-7(11)3-9(4-8)15(16)17/h2-4,12H,5,11H2,1H3. The van der Waals surface area contributed by atoms with Gasteiger partial charge in [-0.1, -0.05) is 5.16 Å². The molecule has 1 aromatic heterocycles. The summed E-state index contributed by atoms with van der Waals surface area (Å²) in [6, 6.07) is 4.28. The number of nitro benzene ring substituents is 1. The maximum atomic E-state index is 10.7. The van der Waals surface area contributed by atoms with Gasteiger partial charge in [0, 0.05) is 23.5 Å². The molecule has 1 heterocycles. The average molecular weight is 249 g/mol. The van der Waals surface area contributed by atoms with Crippen molar-refractivity contribution < 1.29 is 9.45 Å². The van der Waals surface area contributed by atoms with Crippen LogP contribution >= 0.6 is 0 Å². The lowest BCUT2D eigenvalue weighted by molar-refractivity contribution is -0.384. The second kappa shape index (κ2) is 4.70. The molecule has 0 fully saturated rings. The highest BCUT2D eigenvalue weighted by atomic mass is 16.6. The van der Waals surface area contributed by atoms with E-state index in [0.29, 0.717) is 23.1 Å². The van der Waals surface area contributed by atoms with E-state index in [1.807, 2.05) is 0 Å². The van der Waals surface area contributed by atoms with E-state index in [1.54, 1.807) is 13.0 Å². The number of anilines is 2. The van der Waals surface area contributed by atoms with E-state index in [9.17, 15) is 10.1 Å². The molecule has 0 spiro atoms. The van der Waals surface area contributed by atoms with Crippen molar-refractivity contribution in [2.75, 3.05) is 11.1 Å². The van der Waals surface area contributed by atoms with Crippen LogP contribution in [-0.2, 0) is 6.54 Å². The van der Waals surface area contributed by atoms with Gasteiger partial charge in [0.2, 0.25) is 5.89 Å². The first-order valence-corrected chi connectivity index (χ1v) is 5.12. The van der Waals surface area contributed by atoms with Crippen molar-refractivity contribution in [2.24, 2.45) is 0 Å². The molecule has 94 valence electrons. The number of nitro groups is 1. The van der Waals surface area contributed by atoms with Gasteiger partial charge in [-0.2, -0.15) is 4.98 Å². The molecule has 0 aliphatic heterocycles. The Morgan fingerprint density at radius 1 is 1.50 bits per heavy atom. The van der Waals surface area contributed by atoms with Gasteiger partial charge in [0.05, 0.1) is 11.5 Å². The second-order valence-corrected chi connectivity index (χ2v) is 3.66. The van der Waals surface area contributed by atoms with Gasteiger partial charge < -0.3 is 15.6 Å². The molecule has 0 aliphatic rings. The van der Waals surface area contributed by atoms with Crippen LogP contribution in [0.4, 0.5) is 17.1 Å². The molecule has 0 bridgehead atoms. The molecule has 0 unspecified atom stereocenters. The maximum absolute atomic E-state index is 10.7. The fourth-order valence-electron chi connectivity index (χ4n) is 1.43. The molecular formula is C10H11N5O3. The Labute approximate surface area is 102 Å². The summed E-state index contributed by atoms with van der Waals surface area (Å²) in [7, 11) is 0. The van der Waals surface area contributed by atoms with Crippen LogP contribution in [0.1, 0.15) is 11.7 Å². The number of nitrogen functional groups attached to an aromatic ring is 1. The van der Waals surface area contributed by atoms with Crippen LogP contribution in [-0.4, -0.2) is 15.1 Å². The maximum Gasteiger partial charge on any atom is 0.273 e. The number of nitrogens with two attached hydrogens (primary N) is 1. The first kappa shape index (κ1) is 11.8. The van der Waals surface area contributed by atoms with Crippen molar-refractivity contribution in [3.63, 3.8) is 0 Å². The second-order valence-electron chi connectivity index (χ2n) is 3.66. The minimum atomic E-state index is -0.502. The van der Waals surface area contributed by atoms with Crippen molar-refractivity contribution in [3.05, 3.63) is 40.0 Å². The summed E-state index contributed by atoms with van der Waals surface area (Å²) in [6.45, 7) is 1.99. The van der Waals surface area contributed by atoms with Gasteiger partial charge in [0.25, 0.3) is 5.69 Å². The van der Waals surface area contributed by atoms with Crippen LogP contribution in [0.15, 0.2) is 22.7 Å². The molecule has 2 rings (SSSR count). The van der Waals surface area contributed by atoms with E-state index in [1.165, 1.54) is 12.1 Å². The summed E-state index contributed by atoms with van der Waals surface area (Å²) in [5.41, 5.74) is 6.34. The van der Waals surface area contributed by atoms with Crippen LogP contribution in [0.5, 0.6) is 0 Å².